The van der Waals surface area contributed by atoms with Crippen LogP contribution in [-0.4, -0.2) is 32.3 Å². The molecule has 0 atom stereocenters. The van der Waals surface area contributed by atoms with E-state index in [0.717, 1.165) is 16.5 Å². The molecule has 4 aromatic rings. The number of nitrogens with one attached hydrogen (secondary N) is 1. The van der Waals surface area contributed by atoms with E-state index in [1.54, 1.807) is 17.1 Å². The third-order valence-electron chi connectivity index (χ3n) is 4.55. The van der Waals surface area contributed by atoms with E-state index in [9.17, 15) is 4.79 Å². The molecule has 1 N–H and O–H groups in total. The molecule has 1 amide bonds. The number of carbonyl (C=O) groups excluding carboxylic acids is 1. The van der Waals surface area contributed by atoms with Crippen LogP contribution in [0.5, 0.6) is 5.75 Å². The smallest absolute Gasteiger partial charge is 0.257 e. The first-order valence-corrected chi connectivity index (χ1v) is 9.33. The van der Waals surface area contributed by atoms with E-state index in [2.05, 4.69) is 20.4 Å². The van der Waals surface area contributed by atoms with Crippen LogP contribution in [0.1, 0.15) is 21.6 Å². The van der Waals surface area contributed by atoms with E-state index >= 15 is 0 Å². The summed E-state index contributed by atoms with van der Waals surface area (Å²) in [5.41, 5.74) is 3.93. The fourth-order valence-corrected chi connectivity index (χ4v) is 3.09. The third kappa shape index (κ3) is 4.40. The van der Waals surface area contributed by atoms with Gasteiger partial charge in [-0.2, -0.15) is 5.10 Å². The summed E-state index contributed by atoms with van der Waals surface area (Å²) in [5, 5.41) is 7.92. The number of hydrogen-bond donors (Lipinski definition) is 1. The first-order chi connectivity index (χ1) is 14.1. The van der Waals surface area contributed by atoms with Crippen molar-refractivity contribution >= 4 is 22.5 Å². The van der Waals surface area contributed by atoms with E-state index in [1.807, 2.05) is 56.3 Å². The number of carbonyl (C=O) groups is 1. The van der Waals surface area contributed by atoms with Gasteiger partial charge in [0.15, 0.2) is 0 Å². The highest BCUT2D eigenvalue weighted by atomic mass is 16.5. The van der Waals surface area contributed by atoms with E-state index < -0.39 is 0 Å². The van der Waals surface area contributed by atoms with Gasteiger partial charge in [-0.3, -0.25) is 9.78 Å². The lowest BCUT2D eigenvalue weighted by Crippen LogP contribution is -2.14. The molecule has 2 aromatic carbocycles. The van der Waals surface area contributed by atoms with Crippen LogP contribution in [0.15, 0.2) is 61.2 Å². The Morgan fingerprint density at radius 3 is 2.86 bits per heavy atom. The molecular weight excluding hydrogens is 366 g/mol. The predicted octanol–water partition coefficient (Wildman–Crippen LogP) is 3.77. The van der Waals surface area contributed by atoms with Gasteiger partial charge in [-0.25, -0.2) is 9.67 Å². The summed E-state index contributed by atoms with van der Waals surface area (Å²) >= 11 is 0. The number of hydrogen-bond acceptors (Lipinski definition) is 5. The van der Waals surface area contributed by atoms with Crippen molar-refractivity contribution in [1.29, 1.82) is 0 Å². The van der Waals surface area contributed by atoms with E-state index in [1.165, 1.54) is 6.33 Å². The van der Waals surface area contributed by atoms with Crippen LogP contribution in [0.25, 0.3) is 10.9 Å². The summed E-state index contributed by atoms with van der Waals surface area (Å²) < 4.78 is 7.45. The number of benzene rings is 2. The van der Waals surface area contributed by atoms with Gasteiger partial charge >= 0.3 is 0 Å². The summed E-state index contributed by atoms with van der Waals surface area (Å²) in [7, 11) is 0. The van der Waals surface area contributed by atoms with Crippen LogP contribution in [0.2, 0.25) is 0 Å². The van der Waals surface area contributed by atoms with Gasteiger partial charge in [-0.05, 0) is 44.2 Å². The maximum Gasteiger partial charge on any atom is 0.257 e. The zero-order valence-corrected chi connectivity index (χ0v) is 16.3. The zero-order valence-electron chi connectivity index (χ0n) is 16.3. The minimum absolute atomic E-state index is 0.196. The molecule has 0 saturated carbocycles. The number of pyridine rings is 1. The van der Waals surface area contributed by atoms with Gasteiger partial charge in [0.2, 0.25) is 0 Å². The molecule has 0 radical (unpaired) electrons. The van der Waals surface area contributed by atoms with Crippen molar-refractivity contribution in [3.8, 4) is 5.75 Å². The molecular formula is C22H21N5O2. The normalized spacial score (nSPS) is 10.8. The summed E-state index contributed by atoms with van der Waals surface area (Å²) in [6.45, 7) is 4.91. The molecule has 0 bridgehead atoms. The number of fused-ring (bicyclic) bond motifs is 1. The molecule has 4 rings (SSSR count). The zero-order chi connectivity index (χ0) is 20.2. The van der Waals surface area contributed by atoms with E-state index in [4.69, 9.17) is 4.74 Å². The fraction of sp³-hybridized carbons (Fsp3) is 0.182. The topological polar surface area (TPSA) is 81.9 Å². The molecule has 0 aliphatic rings. The van der Waals surface area contributed by atoms with Crippen molar-refractivity contribution in [2.45, 2.75) is 20.4 Å². The maximum atomic E-state index is 12.8. The Kier molecular flexibility index (Phi) is 5.20. The molecule has 0 unspecified atom stereocenters. The second kappa shape index (κ2) is 8.10. The van der Waals surface area contributed by atoms with Gasteiger partial charge in [-0.1, -0.05) is 17.7 Å². The van der Waals surface area contributed by atoms with E-state index in [-0.39, 0.29) is 5.91 Å². The molecule has 0 fully saturated rings. The predicted molar refractivity (Wildman–Crippen MR) is 111 cm³/mol. The van der Waals surface area contributed by atoms with Crippen molar-refractivity contribution in [2.24, 2.45) is 0 Å². The Balaban J connectivity index is 1.46. The number of nitrogens with zero attached hydrogens (tertiary/aromatic N) is 4. The molecule has 29 heavy (non-hydrogen) atoms. The standard InChI is InChI=1S/C22H21N5O2/c1-15-6-7-21-17(10-15)11-20(16(2)25-21)22(28)26-18-4-3-5-19(12-18)29-9-8-27-14-23-13-24-27/h3-7,10-14H,8-9H2,1-2H3,(H,26,28). The molecule has 146 valence electrons. The van der Waals surface area contributed by atoms with Gasteiger partial charge < -0.3 is 10.1 Å². The van der Waals surface area contributed by atoms with Gasteiger partial charge in [0.1, 0.15) is 25.0 Å². The molecule has 7 heteroatoms. The lowest BCUT2D eigenvalue weighted by atomic mass is 10.1. The summed E-state index contributed by atoms with van der Waals surface area (Å²) in [6.07, 6.45) is 3.13. The van der Waals surface area contributed by atoms with Crippen LogP contribution in [0.3, 0.4) is 0 Å². The second-order valence-corrected chi connectivity index (χ2v) is 6.81. The molecule has 2 aromatic heterocycles. The van der Waals surface area contributed by atoms with Gasteiger partial charge in [0, 0.05) is 17.1 Å². The van der Waals surface area contributed by atoms with Crippen molar-refractivity contribution < 1.29 is 9.53 Å². The van der Waals surface area contributed by atoms with Crippen LogP contribution < -0.4 is 10.1 Å². The largest absolute Gasteiger partial charge is 0.492 e. The maximum absolute atomic E-state index is 12.8. The lowest BCUT2D eigenvalue weighted by molar-refractivity contribution is 0.102. The second-order valence-electron chi connectivity index (χ2n) is 6.81. The van der Waals surface area contributed by atoms with Gasteiger partial charge in [0.25, 0.3) is 5.91 Å². The van der Waals surface area contributed by atoms with Crippen LogP contribution in [0, 0.1) is 13.8 Å². The van der Waals surface area contributed by atoms with Crippen LogP contribution in [-0.2, 0) is 6.54 Å². The number of aryl methyl sites for hydroxylation is 2. The average Bonchev–Trinajstić information content (AvgIpc) is 3.21. The van der Waals surface area contributed by atoms with Crippen molar-refractivity contribution in [1.82, 2.24) is 19.7 Å². The summed E-state index contributed by atoms with van der Waals surface area (Å²) in [6, 6.07) is 15.2. The van der Waals surface area contributed by atoms with E-state index in [0.29, 0.717) is 35.8 Å². The number of anilines is 1. The van der Waals surface area contributed by atoms with Gasteiger partial charge in [-0.15, -0.1) is 0 Å². The molecule has 7 nitrogen and oxygen atoms in total. The lowest BCUT2D eigenvalue weighted by Gasteiger charge is -2.11. The fourth-order valence-electron chi connectivity index (χ4n) is 3.09. The Bertz CT molecular complexity index is 1160. The Morgan fingerprint density at radius 1 is 1.14 bits per heavy atom. The Labute approximate surface area is 168 Å². The Hall–Kier alpha value is -3.74. The first kappa shape index (κ1) is 18.6. The highest BCUT2D eigenvalue weighted by Gasteiger charge is 2.12. The number of amides is 1. The number of rotatable bonds is 6. The quantitative estimate of drug-likeness (QED) is 0.545. The van der Waals surface area contributed by atoms with Crippen molar-refractivity contribution in [3.05, 3.63) is 78.0 Å². The van der Waals surface area contributed by atoms with Crippen molar-refractivity contribution in [2.75, 3.05) is 11.9 Å². The van der Waals surface area contributed by atoms with Gasteiger partial charge in [0.05, 0.1) is 23.3 Å². The monoisotopic (exact) mass is 387 g/mol. The highest BCUT2D eigenvalue weighted by molar-refractivity contribution is 6.06. The Morgan fingerprint density at radius 2 is 2.03 bits per heavy atom. The van der Waals surface area contributed by atoms with Crippen LogP contribution in [0.4, 0.5) is 5.69 Å². The highest BCUT2D eigenvalue weighted by Crippen LogP contribution is 2.21. The number of aromatic nitrogens is 4. The van der Waals surface area contributed by atoms with Crippen molar-refractivity contribution in [3.63, 3.8) is 0 Å². The molecule has 0 aliphatic heterocycles. The SMILES string of the molecule is Cc1ccc2nc(C)c(C(=O)Nc3cccc(OCCn4cncn4)c3)cc2c1. The summed E-state index contributed by atoms with van der Waals surface area (Å²) in [5.74, 6) is 0.477. The minimum atomic E-state index is -0.196. The number of ether oxygens (including phenoxy) is 1. The molecule has 0 aliphatic carbocycles. The minimum Gasteiger partial charge on any atom is -0.492 e. The molecule has 2 heterocycles. The van der Waals surface area contributed by atoms with Crippen LogP contribution >= 0.6 is 0 Å². The third-order valence-corrected chi connectivity index (χ3v) is 4.55. The average molecular weight is 387 g/mol. The molecule has 0 spiro atoms. The molecule has 0 saturated heterocycles. The first-order valence-electron chi connectivity index (χ1n) is 9.33. The summed E-state index contributed by atoms with van der Waals surface area (Å²) in [4.78, 5) is 21.3.